The average Bonchev–Trinajstić information content (AvgIpc) is 2.28. The van der Waals surface area contributed by atoms with Gasteiger partial charge in [0.05, 0.1) is 6.26 Å². The summed E-state index contributed by atoms with van der Waals surface area (Å²) >= 11 is 0. The molecule has 0 aromatic rings. The third-order valence-corrected chi connectivity index (χ3v) is 1.81. The SMILES string of the molecule is C1=CC2=C(C=CC1)OC=CC2. The maximum atomic E-state index is 5.32. The van der Waals surface area contributed by atoms with Gasteiger partial charge in [-0.3, -0.25) is 0 Å². The number of ether oxygens (including phenoxy) is 1. The molecule has 0 amide bonds. The van der Waals surface area contributed by atoms with Crippen LogP contribution in [0.4, 0.5) is 0 Å². The third kappa shape index (κ3) is 1.27. The second-order valence-corrected chi connectivity index (χ2v) is 2.62. The Morgan fingerprint density at radius 2 is 2.00 bits per heavy atom. The van der Waals surface area contributed by atoms with Crippen molar-refractivity contribution in [2.24, 2.45) is 0 Å². The summed E-state index contributed by atoms with van der Waals surface area (Å²) in [5.41, 5.74) is 1.28. The zero-order valence-electron chi connectivity index (χ0n) is 6.29. The Labute approximate surface area is 66.4 Å². The first-order chi connectivity index (χ1) is 5.47. The van der Waals surface area contributed by atoms with Gasteiger partial charge in [-0.1, -0.05) is 18.2 Å². The van der Waals surface area contributed by atoms with Crippen LogP contribution in [0.2, 0.25) is 0 Å². The highest BCUT2D eigenvalue weighted by Gasteiger charge is 2.05. The van der Waals surface area contributed by atoms with E-state index in [-0.39, 0.29) is 0 Å². The molecule has 0 radical (unpaired) electrons. The lowest BCUT2D eigenvalue weighted by Crippen LogP contribution is -1.92. The maximum Gasteiger partial charge on any atom is 0.129 e. The number of allylic oxidation sites excluding steroid dienone is 6. The van der Waals surface area contributed by atoms with E-state index >= 15 is 0 Å². The van der Waals surface area contributed by atoms with Crippen LogP contribution in [0.1, 0.15) is 12.8 Å². The normalized spacial score (nSPS) is 21.1. The second kappa shape index (κ2) is 2.79. The average molecular weight is 146 g/mol. The molecule has 0 N–H and O–H groups in total. The van der Waals surface area contributed by atoms with E-state index in [2.05, 4.69) is 18.2 Å². The van der Waals surface area contributed by atoms with Crippen LogP contribution >= 0.6 is 0 Å². The van der Waals surface area contributed by atoms with Crippen molar-refractivity contribution >= 4 is 0 Å². The minimum Gasteiger partial charge on any atom is -0.465 e. The zero-order chi connectivity index (χ0) is 7.52. The van der Waals surface area contributed by atoms with Gasteiger partial charge in [-0.2, -0.15) is 0 Å². The third-order valence-electron chi connectivity index (χ3n) is 1.81. The van der Waals surface area contributed by atoms with Gasteiger partial charge in [0.25, 0.3) is 0 Å². The Hall–Kier alpha value is -1.24. The van der Waals surface area contributed by atoms with Gasteiger partial charge < -0.3 is 4.74 Å². The van der Waals surface area contributed by atoms with Gasteiger partial charge in [-0.25, -0.2) is 0 Å². The molecule has 2 aliphatic rings. The summed E-state index contributed by atoms with van der Waals surface area (Å²) in [6.45, 7) is 0. The lowest BCUT2D eigenvalue weighted by atomic mass is 10.1. The zero-order valence-corrected chi connectivity index (χ0v) is 6.29. The van der Waals surface area contributed by atoms with Crippen LogP contribution in [0, 0.1) is 0 Å². The van der Waals surface area contributed by atoms with Gasteiger partial charge in [-0.15, -0.1) is 0 Å². The summed E-state index contributed by atoms with van der Waals surface area (Å²) in [5.74, 6) is 1.00. The van der Waals surface area contributed by atoms with Gasteiger partial charge in [0.15, 0.2) is 0 Å². The van der Waals surface area contributed by atoms with Crippen molar-refractivity contribution in [3.05, 3.63) is 48.0 Å². The van der Waals surface area contributed by atoms with Gasteiger partial charge in [-0.05, 0) is 30.6 Å². The van der Waals surface area contributed by atoms with E-state index in [1.165, 1.54) is 5.57 Å². The molecule has 0 spiro atoms. The standard InChI is InChI=1S/C10H10O/c1-2-5-9-6-4-8-11-10(9)7-3-1/h2-5,7-8H,1,6H2. The smallest absolute Gasteiger partial charge is 0.129 e. The quantitative estimate of drug-likeness (QED) is 0.510. The predicted octanol–water partition coefficient (Wildman–Crippen LogP) is 2.69. The van der Waals surface area contributed by atoms with Crippen molar-refractivity contribution in [1.29, 1.82) is 0 Å². The Kier molecular flexibility index (Phi) is 1.64. The number of hydrogen-bond acceptors (Lipinski definition) is 1. The lowest BCUT2D eigenvalue weighted by Gasteiger charge is -2.09. The second-order valence-electron chi connectivity index (χ2n) is 2.62. The molecular weight excluding hydrogens is 136 g/mol. The maximum absolute atomic E-state index is 5.32. The molecule has 1 heteroatoms. The Bertz CT molecular complexity index is 241. The molecule has 0 fully saturated rings. The first-order valence-electron chi connectivity index (χ1n) is 3.85. The summed E-state index contributed by atoms with van der Waals surface area (Å²) < 4.78 is 5.32. The van der Waals surface area contributed by atoms with E-state index in [0.717, 1.165) is 18.6 Å². The van der Waals surface area contributed by atoms with Gasteiger partial charge in [0, 0.05) is 0 Å². The summed E-state index contributed by atoms with van der Waals surface area (Å²) in [6.07, 6.45) is 14.2. The molecule has 1 nitrogen and oxygen atoms in total. The van der Waals surface area contributed by atoms with Crippen molar-refractivity contribution in [3.63, 3.8) is 0 Å². The molecule has 0 atom stereocenters. The monoisotopic (exact) mass is 146 g/mol. The fraction of sp³-hybridized carbons (Fsp3) is 0.200. The Morgan fingerprint density at radius 1 is 1.09 bits per heavy atom. The molecule has 1 aliphatic carbocycles. The van der Waals surface area contributed by atoms with Crippen LogP contribution in [-0.4, -0.2) is 0 Å². The highest BCUT2D eigenvalue weighted by atomic mass is 16.5. The van der Waals surface area contributed by atoms with Crippen molar-refractivity contribution < 1.29 is 4.74 Å². The van der Waals surface area contributed by atoms with Crippen molar-refractivity contribution in [2.45, 2.75) is 12.8 Å². The molecule has 1 aliphatic heterocycles. The van der Waals surface area contributed by atoms with Crippen molar-refractivity contribution in [2.75, 3.05) is 0 Å². The molecule has 1 heterocycles. The first kappa shape index (κ1) is 6.47. The molecule has 0 unspecified atom stereocenters. The summed E-state index contributed by atoms with van der Waals surface area (Å²) in [6, 6.07) is 0. The van der Waals surface area contributed by atoms with Gasteiger partial charge >= 0.3 is 0 Å². The molecular formula is C10H10O. The van der Waals surface area contributed by atoms with Crippen LogP contribution in [0.15, 0.2) is 48.0 Å². The molecule has 0 bridgehead atoms. The summed E-state index contributed by atoms with van der Waals surface area (Å²) in [7, 11) is 0. The Morgan fingerprint density at radius 3 is 3.00 bits per heavy atom. The van der Waals surface area contributed by atoms with E-state index in [9.17, 15) is 0 Å². The largest absolute Gasteiger partial charge is 0.465 e. The molecule has 0 saturated heterocycles. The minimum atomic E-state index is 0.996. The molecule has 0 aromatic carbocycles. The topological polar surface area (TPSA) is 9.23 Å². The Balaban J connectivity index is 2.33. The van der Waals surface area contributed by atoms with Crippen LogP contribution in [0.3, 0.4) is 0 Å². The van der Waals surface area contributed by atoms with E-state index in [0.29, 0.717) is 0 Å². The van der Waals surface area contributed by atoms with Crippen LogP contribution in [-0.2, 0) is 4.74 Å². The molecule has 2 rings (SSSR count). The highest BCUT2D eigenvalue weighted by Crippen LogP contribution is 2.21. The molecule has 0 saturated carbocycles. The van der Waals surface area contributed by atoms with Crippen molar-refractivity contribution in [1.82, 2.24) is 0 Å². The van der Waals surface area contributed by atoms with Gasteiger partial charge in [0.2, 0.25) is 0 Å². The van der Waals surface area contributed by atoms with E-state index < -0.39 is 0 Å². The first-order valence-corrected chi connectivity index (χ1v) is 3.85. The predicted molar refractivity (Wildman–Crippen MR) is 44.8 cm³/mol. The number of hydrogen-bond donors (Lipinski definition) is 0. The lowest BCUT2D eigenvalue weighted by molar-refractivity contribution is 0.355. The minimum absolute atomic E-state index is 0.996. The molecule has 56 valence electrons. The highest BCUT2D eigenvalue weighted by molar-refractivity contribution is 5.35. The molecule has 11 heavy (non-hydrogen) atoms. The molecule has 0 aromatic heterocycles. The van der Waals surface area contributed by atoms with E-state index in [4.69, 9.17) is 4.74 Å². The van der Waals surface area contributed by atoms with Crippen LogP contribution in [0.25, 0.3) is 0 Å². The fourth-order valence-corrected chi connectivity index (χ4v) is 1.23. The van der Waals surface area contributed by atoms with Crippen molar-refractivity contribution in [3.8, 4) is 0 Å². The van der Waals surface area contributed by atoms with Crippen LogP contribution < -0.4 is 0 Å². The number of rotatable bonds is 0. The summed E-state index contributed by atoms with van der Waals surface area (Å²) in [5, 5.41) is 0. The summed E-state index contributed by atoms with van der Waals surface area (Å²) in [4.78, 5) is 0. The fourth-order valence-electron chi connectivity index (χ4n) is 1.23. The van der Waals surface area contributed by atoms with Gasteiger partial charge in [0.1, 0.15) is 5.76 Å². The van der Waals surface area contributed by atoms with Crippen LogP contribution in [0.5, 0.6) is 0 Å². The van der Waals surface area contributed by atoms with E-state index in [1.807, 2.05) is 12.2 Å². The van der Waals surface area contributed by atoms with E-state index in [1.54, 1.807) is 6.26 Å².